The highest BCUT2D eigenvalue weighted by atomic mass is 35.5. The van der Waals surface area contributed by atoms with Crippen LogP contribution in [0.15, 0.2) is 24.4 Å². The van der Waals surface area contributed by atoms with Crippen LogP contribution in [0.5, 0.6) is 0 Å². The third-order valence-electron chi connectivity index (χ3n) is 5.53. The van der Waals surface area contributed by atoms with Gasteiger partial charge in [-0.25, -0.2) is 9.78 Å². The van der Waals surface area contributed by atoms with Gasteiger partial charge in [0.25, 0.3) is 5.91 Å². The zero-order valence-electron chi connectivity index (χ0n) is 16.8. The number of carbonyl (C=O) groups excluding carboxylic acids is 3. The summed E-state index contributed by atoms with van der Waals surface area (Å²) in [5.74, 6) is -0.957. The van der Waals surface area contributed by atoms with Crippen molar-refractivity contribution in [3.05, 3.63) is 45.4 Å². The average molecular weight is 487 g/mol. The van der Waals surface area contributed by atoms with Crippen molar-refractivity contribution < 1.29 is 27.6 Å². The smallest absolute Gasteiger partial charge is 0.323 e. The molecule has 1 saturated carbocycles. The van der Waals surface area contributed by atoms with Crippen LogP contribution in [0.2, 0.25) is 5.02 Å². The van der Waals surface area contributed by atoms with E-state index >= 15 is 0 Å². The first kappa shape index (κ1) is 22.5. The van der Waals surface area contributed by atoms with Crippen molar-refractivity contribution in [3.63, 3.8) is 0 Å². The molecule has 0 spiro atoms. The Morgan fingerprint density at radius 1 is 1.38 bits per heavy atom. The van der Waals surface area contributed by atoms with E-state index < -0.39 is 41.7 Å². The standard InChI is InChI=1S/C20H18ClF3N4O3S/c1-19(11-2-3-11)16(30)28(18(31)27-19)9-15(29)26-17-25-8-13(32-17)7-10-6-12(20(22,23)24)4-5-14(10)21/h4-6,8,11H,2-3,7,9H2,1H3,(H,27,31)(H,25,26,29)/t19-/m1/s1. The van der Waals surface area contributed by atoms with E-state index in [1.807, 2.05) is 0 Å². The number of imide groups is 1. The Bertz CT molecular complexity index is 1100. The van der Waals surface area contributed by atoms with Crippen molar-refractivity contribution >= 4 is 45.9 Å². The molecule has 4 amide bonds. The lowest BCUT2D eigenvalue weighted by atomic mass is 9.96. The minimum absolute atomic E-state index is 0.0798. The van der Waals surface area contributed by atoms with Gasteiger partial charge in [0.1, 0.15) is 12.1 Å². The van der Waals surface area contributed by atoms with Gasteiger partial charge in [0.15, 0.2) is 5.13 Å². The number of halogens is 4. The fourth-order valence-electron chi connectivity index (χ4n) is 3.62. The van der Waals surface area contributed by atoms with E-state index in [9.17, 15) is 27.6 Å². The zero-order valence-corrected chi connectivity index (χ0v) is 18.3. The van der Waals surface area contributed by atoms with Gasteiger partial charge in [-0.2, -0.15) is 13.2 Å². The molecular formula is C20H18ClF3N4O3S. The van der Waals surface area contributed by atoms with Crippen LogP contribution in [-0.4, -0.2) is 39.8 Å². The first-order valence-corrected chi connectivity index (χ1v) is 10.9. The number of nitrogens with zero attached hydrogens (tertiary/aromatic N) is 2. The van der Waals surface area contributed by atoms with Gasteiger partial charge in [0.2, 0.25) is 5.91 Å². The van der Waals surface area contributed by atoms with E-state index in [4.69, 9.17) is 11.6 Å². The minimum atomic E-state index is -4.49. The first-order chi connectivity index (χ1) is 15.0. The number of urea groups is 1. The number of alkyl halides is 3. The van der Waals surface area contributed by atoms with Gasteiger partial charge < -0.3 is 10.6 Å². The maximum Gasteiger partial charge on any atom is 0.416 e. The molecule has 170 valence electrons. The van der Waals surface area contributed by atoms with Gasteiger partial charge in [-0.3, -0.25) is 14.5 Å². The maximum absolute atomic E-state index is 12.9. The Morgan fingerprint density at radius 3 is 2.75 bits per heavy atom. The third kappa shape index (κ3) is 4.44. The molecule has 1 atom stereocenters. The Balaban J connectivity index is 1.39. The lowest BCUT2D eigenvalue weighted by Crippen LogP contribution is -2.46. The Hall–Kier alpha value is -2.66. The second kappa shape index (κ2) is 8.04. The van der Waals surface area contributed by atoms with Crippen LogP contribution < -0.4 is 10.6 Å². The lowest BCUT2D eigenvalue weighted by molar-refractivity contribution is -0.137. The normalized spacial score (nSPS) is 21.1. The molecule has 0 bridgehead atoms. The molecule has 0 radical (unpaired) electrons. The third-order valence-corrected chi connectivity index (χ3v) is 6.82. The molecule has 1 saturated heterocycles. The summed E-state index contributed by atoms with van der Waals surface area (Å²) >= 11 is 7.10. The van der Waals surface area contributed by atoms with Crippen LogP contribution in [0, 0.1) is 5.92 Å². The molecule has 4 rings (SSSR count). The maximum atomic E-state index is 12.9. The van der Waals surface area contributed by atoms with Gasteiger partial charge in [0.05, 0.1) is 5.56 Å². The van der Waals surface area contributed by atoms with Crippen molar-refractivity contribution in [1.82, 2.24) is 15.2 Å². The molecule has 2 aliphatic rings. The molecule has 32 heavy (non-hydrogen) atoms. The number of anilines is 1. The SMILES string of the molecule is C[C@]1(C2CC2)NC(=O)N(CC(=O)Nc2ncc(Cc3cc(C(F)(F)F)ccc3Cl)s2)C1=O. The number of carbonyl (C=O) groups is 3. The predicted molar refractivity (Wildman–Crippen MR) is 111 cm³/mol. The van der Waals surface area contributed by atoms with Crippen LogP contribution in [0.3, 0.4) is 0 Å². The number of aromatic nitrogens is 1. The molecular weight excluding hydrogens is 469 g/mol. The molecule has 1 aliphatic heterocycles. The fraction of sp³-hybridized carbons (Fsp3) is 0.400. The number of amides is 4. The zero-order chi connectivity index (χ0) is 23.3. The van der Waals surface area contributed by atoms with Crippen molar-refractivity contribution in [2.75, 3.05) is 11.9 Å². The molecule has 7 nitrogen and oxygen atoms in total. The van der Waals surface area contributed by atoms with Crippen molar-refractivity contribution in [1.29, 1.82) is 0 Å². The van der Waals surface area contributed by atoms with Crippen molar-refractivity contribution in [3.8, 4) is 0 Å². The second-order valence-corrected chi connectivity index (χ2v) is 9.48. The fourth-order valence-corrected chi connectivity index (χ4v) is 4.66. The summed E-state index contributed by atoms with van der Waals surface area (Å²) in [6, 6.07) is 2.47. The van der Waals surface area contributed by atoms with E-state index in [0.717, 1.165) is 41.2 Å². The number of benzene rings is 1. The monoisotopic (exact) mass is 486 g/mol. The molecule has 0 unspecified atom stereocenters. The molecule has 1 aromatic heterocycles. The molecule has 1 aromatic carbocycles. The summed E-state index contributed by atoms with van der Waals surface area (Å²) in [7, 11) is 0. The lowest BCUT2D eigenvalue weighted by Gasteiger charge is -2.20. The Morgan fingerprint density at radius 2 is 2.09 bits per heavy atom. The van der Waals surface area contributed by atoms with E-state index in [0.29, 0.717) is 4.88 Å². The number of rotatable bonds is 6. The highest BCUT2D eigenvalue weighted by molar-refractivity contribution is 7.15. The first-order valence-electron chi connectivity index (χ1n) is 9.71. The van der Waals surface area contributed by atoms with E-state index in [1.165, 1.54) is 12.3 Å². The van der Waals surface area contributed by atoms with E-state index in [2.05, 4.69) is 15.6 Å². The highest BCUT2D eigenvalue weighted by Gasteiger charge is 2.56. The van der Waals surface area contributed by atoms with Crippen LogP contribution in [0.1, 0.15) is 35.8 Å². The minimum Gasteiger partial charge on any atom is -0.323 e. The number of thiazole rings is 1. The van der Waals surface area contributed by atoms with Crippen molar-refractivity contribution in [2.45, 2.75) is 37.9 Å². The second-order valence-electron chi connectivity index (χ2n) is 7.96. The summed E-state index contributed by atoms with van der Waals surface area (Å²) in [5, 5.41) is 5.57. The van der Waals surface area contributed by atoms with Crippen LogP contribution in [0.4, 0.5) is 23.1 Å². The summed E-state index contributed by atoms with van der Waals surface area (Å²) in [5.41, 5.74) is -1.50. The van der Waals surface area contributed by atoms with Crippen LogP contribution in [-0.2, 0) is 22.2 Å². The van der Waals surface area contributed by atoms with Gasteiger partial charge in [-0.15, -0.1) is 11.3 Å². The van der Waals surface area contributed by atoms with Gasteiger partial charge in [-0.1, -0.05) is 11.6 Å². The number of nitrogens with one attached hydrogen (secondary N) is 2. The summed E-state index contributed by atoms with van der Waals surface area (Å²) in [6.07, 6.45) is -1.26. The van der Waals surface area contributed by atoms with E-state index in [-0.39, 0.29) is 28.1 Å². The molecule has 2 heterocycles. The summed E-state index contributed by atoms with van der Waals surface area (Å²) < 4.78 is 38.8. The Kier molecular flexibility index (Phi) is 5.66. The largest absolute Gasteiger partial charge is 0.416 e. The van der Waals surface area contributed by atoms with Gasteiger partial charge >= 0.3 is 12.2 Å². The van der Waals surface area contributed by atoms with Crippen LogP contribution in [0.25, 0.3) is 0 Å². The molecule has 12 heteroatoms. The van der Waals surface area contributed by atoms with Gasteiger partial charge in [0, 0.05) is 22.5 Å². The van der Waals surface area contributed by atoms with Crippen LogP contribution >= 0.6 is 22.9 Å². The molecule has 2 aromatic rings. The number of hydrogen-bond donors (Lipinski definition) is 2. The number of hydrogen-bond acceptors (Lipinski definition) is 5. The quantitative estimate of drug-likeness (QED) is 0.602. The molecule has 2 N–H and O–H groups in total. The van der Waals surface area contributed by atoms with Gasteiger partial charge in [-0.05, 0) is 49.4 Å². The topological polar surface area (TPSA) is 91.4 Å². The van der Waals surface area contributed by atoms with E-state index in [1.54, 1.807) is 6.92 Å². The molecule has 2 fully saturated rings. The Labute approximate surface area is 189 Å². The highest BCUT2D eigenvalue weighted by Crippen LogP contribution is 2.42. The predicted octanol–water partition coefficient (Wildman–Crippen LogP) is 4.07. The van der Waals surface area contributed by atoms with Crippen molar-refractivity contribution in [2.24, 2.45) is 5.92 Å². The average Bonchev–Trinajstić information content (AvgIpc) is 3.44. The molecule has 1 aliphatic carbocycles. The summed E-state index contributed by atoms with van der Waals surface area (Å²) in [6.45, 7) is 1.20. The summed E-state index contributed by atoms with van der Waals surface area (Å²) in [4.78, 5) is 42.6.